The summed E-state index contributed by atoms with van der Waals surface area (Å²) in [6, 6.07) is 19.2. The first-order chi connectivity index (χ1) is 16.9. The number of hydrogen-bond acceptors (Lipinski definition) is 8. The Morgan fingerprint density at radius 1 is 0.943 bits per heavy atom. The Bertz CT molecular complexity index is 1250. The van der Waals surface area contributed by atoms with Crippen molar-refractivity contribution in [1.82, 2.24) is 4.31 Å². The van der Waals surface area contributed by atoms with Crippen molar-refractivity contribution in [3.8, 4) is 11.5 Å². The fraction of sp³-hybridized carbons (Fsp3) is 0.250. The molecule has 0 aliphatic carbocycles. The zero-order valence-electron chi connectivity index (χ0n) is 18.7. The van der Waals surface area contributed by atoms with E-state index in [0.29, 0.717) is 48.4 Å². The van der Waals surface area contributed by atoms with E-state index in [2.05, 4.69) is 5.32 Å². The van der Waals surface area contributed by atoms with E-state index in [0.717, 1.165) is 11.3 Å². The molecular weight excluding hydrogens is 492 g/mol. The highest BCUT2D eigenvalue weighted by Crippen LogP contribution is 2.26. The Kier molecular flexibility index (Phi) is 8.13. The number of thiophene rings is 1. The number of rotatable bonds is 9. The van der Waals surface area contributed by atoms with Crippen LogP contribution in [-0.4, -0.2) is 57.5 Å². The Morgan fingerprint density at radius 3 is 2.34 bits per heavy atom. The van der Waals surface area contributed by atoms with Crippen LogP contribution in [0.2, 0.25) is 0 Å². The lowest BCUT2D eigenvalue weighted by molar-refractivity contribution is -0.146. The molecule has 1 N–H and O–H groups in total. The van der Waals surface area contributed by atoms with Crippen molar-refractivity contribution in [2.24, 2.45) is 0 Å². The Hall–Kier alpha value is -3.25. The summed E-state index contributed by atoms with van der Waals surface area (Å²) in [7, 11) is -3.61. The molecule has 11 heteroatoms. The zero-order valence-corrected chi connectivity index (χ0v) is 20.3. The molecule has 35 heavy (non-hydrogen) atoms. The van der Waals surface area contributed by atoms with Crippen LogP contribution in [0.1, 0.15) is 4.88 Å². The summed E-state index contributed by atoms with van der Waals surface area (Å²) in [5, 5.41) is 2.65. The van der Waals surface area contributed by atoms with Crippen LogP contribution in [0.5, 0.6) is 11.5 Å². The van der Waals surface area contributed by atoms with Gasteiger partial charge in [0, 0.05) is 23.7 Å². The van der Waals surface area contributed by atoms with Crippen LogP contribution in [0.15, 0.2) is 70.9 Å². The van der Waals surface area contributed by atoms with Gasteiger partial charge in [0.15, 0.2) is 6.61 Å². The van der Waals surface area contributed by atoms with Crippen molar-refractivity contribution in [3.63, 3.8) is 0 Å². The van der Waals surface area contributed by atoms with E-state index < -0.39 is 28.5 Å². The first-order valence-corrected chi connectivity index (χ1v) is 13.1. The third kappa shape index (κ3) is 6.89. The maximum absolute atomic E-state index is 12.7. The molecule has 1 aliphatic rings. The highest BCUT2D eigenvalue weighted by molar-refractivity contribution is 7.91. The van der Waals surface area contributed by atoms with E-state index in [1.54, 1.807) is 30.3 Å². The van der Waals surface area contributed by atoms with Crippen LogP contribution in [0.3, 0.4) is 0 Å². The molecule has 184 valence electrons. The summed E-state index contributed by atoms with van der Waals surface area (Å²) in [5.41, 5.74) is 0.530. The fourth-order valence-electron chi connectivity index (χ4n) is 3.27. The number of hydrogen-bond donors (Lipinski definition) is 1. The molecule has 1 amide bonds. The summed E-state index contributed by atoms with van der Waals surface area (Å²) >= 11 is 1.02. The largest absolute Gasteiger partial charge is 0.457 e. The zero-order chi connectivity index (χ0) is 24.7. The van der Waals surface area contributed by atoms with E-state index >= 15 is 0 Å². The van der Waals surface area contributed by atoms with Crippen LogP contribution in [0, 0.1) is 0 Å². The van der Waals surface area contributed by atoms with Crippen LogP contribution < -0.4 is 10.1 Å². The minimum absolute atomic E-state index is 0.123. The van der Waals surface area contributed by atoms with Crippen molar-refractivity contribution in [2.75, 3.05) is 38.2 Å². The third-order valence-electron chi connectivity index (χ3n) is 5.00. The van der Waals surface area contributed by atoms with E-state index in [1.165, 1.54) is 10.4 Å². The van der Waals surface area contributed by atoms with Gasteiger partial charge in [-0.05, 0) is 48.5 Å². The van der Waals surface area contributed by atoms with Crippen molar-refractivity contribution in [1.29, 1.82) is 0 Å². The summed E-state index contributed by atoms with van der Waals surface area (Å²) in [6.07, 6.45) is -0.123. The fourth-order valence-corrected chi connectivity index (χ4v) is 6.18. The van der Waals surface area contributed by atoms with Gasteiger partial charge in [-0.15, -0.1) is 11.3 Å². The quantitative estimate of drug-likeness (QED) is 0.435. The van der Waals surface area contributed by atoms with Gasteiger partial charge in [-0.1, -0.05) is 18.2 Å². The predicted octanol–water partition coefficient (Wildman–Crippen LogP) is 3.29. The van der Waals surface area contributed by atoms with Crippen molar-refractivity contribution < 1.29 is 32.2 Å². The number of amides is 1. The topological polar surface area (TPSA) is 111 Å². The smallest absolute Gasteiger partial charge is 0.311 e. The summed E-state index contributed by atoms with van der Waals surface area (Å²) in [4.78, 5) is 24.8. The number of para-hydroxylation sites is 1. The number of carbonyl (C=O) groups excluding carboxylic acids is 2. The monoisotopic (exact) mass is 516 g/mol. The minimum Gasteiger partial charge on any atom is -0.457 e. The first-order valence-electron chi connectivity index (χ1n) is 10.9. The average molecular weight is 517 g/mol. The highest BCUT2D eigenvalue weighted by Gasteiger charge is 2.28. The highest BCUT2D eigenvalue weighted by atomic mass is 32.2. The summed E-state index contributed by atoms with van der Waals surface area (Å²) in [5.74, 6) is 0.208. The second kappa shape index (κ2) is 11.5. The maximum Gasteiger partial charge on any atom is 0.311 e. The van der Waals surface area contributed by atoms with E-state index in [-0.39, 0.29) is 10.6 Å². The molecule has 0 saturated carbocycles. The molecule has 2 heterocycles. The standard InChI is InChI=1S/C24H24N2O7S2/c27-22(25-18-6-8-20(9-7-18)33-19-4-2-1-3-5-19)17-32-23(28)16-21-10-11-24(34-21)35(29,30)26-12-14-31-15-13-26/h1-11H,12-17H2,(H,25,27). The molecule has 0 bridgehead atoms. The van der Waals surface area contributed by atoms with Gasteiger partial charge in [-0.25, -0.2) is 8.42 Å². The SMILES string of the molecule is O=C(COC(=O)Cc1ccc(S(=O)(=O)N2CCOCC2)s1)Nc1ccc(Oc2ccccc2)cc1. The Labute approximate surface area is 207 Å². The van der Waals surface area contributed by atoms with Gasteiger partial charge in [0.25, 0.3) is 15.9 Å². The number of ether oxygens (including phenoxy) is 3. The van der Waals surface area contributed by atoms with E-state index in [4.69, 9.17) is 14.2 Å². The van der Waals surface area contributed by atoms with Gasteiger partial charge >= 0.3 is 5.97 Å². The van der Waals surface area contributed by atoms with Gasteiger partial charge in [-0.3, -0.25) is 9.59 Å². The summed E-state index contributed by atoms with van der Waals surface area (Å²) < 4.78 is 42.9. The van der Waals surface area contributed by atoms with Crippen LogP contribution in [-0.2, 0) is 35.5 Å². The normalized spacial score (nSPS) is 14.3. The van der Waals surface area contributed by atoms with Crippen LogP contribution in [0.25, 0.3) is 0 Å². The second-order valence-corrected chi connectivity index (χ2v) is 10.9. The molecule has 0 spiro atoms. The molecule has 3 aromatic rings. The summed E-state index contributed by atoms with van der Waals surface area (Å²) in [6.45, 7) is 0.866. The van der Waals surface area contributed by atoms with Crippen LogP contribution in [0.4, 0.5) is 5.69 Å². The van der Waals surface area contributed by atoms with Gasteiger partial charge in [0.2, 0.25) is 0 Å². The van der Waals surface area contributed by atoms with Gasteiger partial charge < -0.3 is 19.5 Å². The van der Waals surface area contributed by atoms with Gasteiger partial charge in [0.1, 0.15) is 15.7 Å². The lowest BCUT2D eigenvalue weighted by atomic mass is 10.3. The molecule has 0 atom stereocenters. The minimum atomic E-state index is -3.61. The maximum atomic E-state index is 12.7. The number of carbonyl (C=O) groups is 2. The Balaban J connectivity index is 1.23. The van der Waals surface area contributed by atoms with Crippen molar-refractivity contribution in [3.05, 3.63) is 71.6 Å². The molecule has 1 fully saturated rings. The van der Waals surface area contributed by atoms with Gasteiger partial charge in [0.05, 0.1) is 19.6 Å². The second-order valence-electron chi connectivity index (χ2n) is 7.56. The molecule has 1 aromatic heterocycles. The Morgan fingerprint density at radius 2 is 1.63 bits per heavy atom. The third-order valence-corrected chi connectivity index (χ3v) is 8.45. The van der Waals surface area contributed by atoms with Crippen molar-refractivity contribution in [2.45, 2.75) is 10.6 Å². The molecule has 1 saturated heterocycles. The molecule has 1 aliphatic heterocycles. The number of nitrogens with zero attached hydrogens (tertiary/aromatic N) is 1. The number of sulfonamides is 1. The predicted molar refractivity (Wildman–Crippen MR) is 130 cm³/mol. The van der Waals surface area contributed by atoms with Gasteiger partial charge in [-0.2, -0.15) is 4.31 Å². The number of nitrogens with one attached hydrogen (secondary N) is 1. The van der Waals surface area contributed by atoms with E-state index in [9.17, 15) is 18.0 Å². The molecule has 0 unspecified atom stereocenters. The van der Waals surface area contributed by atoms with E-state index in [1.807, 2.05) is 30.3 Å². The van der Waals surface area contributed by atoms with Crippen LogP contribution >= 0.6 is 11.3 Å². The lowest BCUT2D eigenvalue weighted by Gasteiger charge is -2.25. The molecule has 2 aromatic carbocycles. The molecular formula is C24H24N2O7S2. The average Bonchev–Trinajstić information content (AvgIpc) is 3.34. The molecule has 9 nitrogen and oxygen atoms in total. The number of benzene rings is 2. The molecule has 4 rings (SSSR count). The number of morpholine rings is 1. The number of esters is 1. The number of anilines is 1. The lowest BCUT2D eigenvalue weighted by Crippen LogP contribution is -2.40. The molecule has 0 radical (unpaired) electrons. The van der Waals surface area contributed by atoms with Crippen molar-refractivity contribution >= 4 is 38.9 Å². The first kappa shape index (κ1) is 24.9.